The molecule has 82 valence electrons. The molecule has 2 atom stereocenters. The molecule has 1 aliphatic carbocycles. The number of quaternary nitrogens is 1. The molecule has 1 aromatic carbocycles. The van der Waals surface area contributed by atoms with Crippen LogP contribution in [0.4, 0.5) is 0 Å². The van der Waals surface area contributed by atoms with E-state index < -0.39 is 0 Å². The van der Waals surface area contributed by atoms with Gasteiger partial charge in [0, 0.05) is 12.0 Å². The van der Waals surface area contributed by atoms with Gasteiger partial charge in [0.1, 0.15) is 18.7 Å². The summed E-state index contributed by atoms with van der Waals surface area (Å²) in [5.74, 6) is 0. The summed E-state index contributed by atoms with van der Waals surface area (Å²) in [6.45, 7) is 0.989. The van der Waals surface area contributed by atoms with Crippen molar-refractivity contribution in [3.8, 4) is 0 Å². The number of aliphatic hydroxyl groups excluding tert-OH is 1. The summed E-state index contributed by atoms with van der Waals surface area (Å²) >= 11 is 0. The lowest BCUT2D eigenvalue weighted by molar-refractivity contribution is -0.713. The molecule has 0 amide bonds. The van der Waals surface area contributed by atoms with Crippen molar-refractivity contribution in [2.24, 2.45) is 0 Å². The minimum absolute atomic E-state index is 0.0949. The lowest BCUT2D eigenvalue weighted by Gasteiger charge is -2.25. The maximum Gasteiger partial charge on any atom is 0.112 e. The van der Waals surface area contributed by atoms with Crippen molar-refractivity contribution in [3.05, 3.63) is 35.9 Å². The highest BCUT2D eigenvalue weighted by Gasteiger charge is 2.25. The smallest absolute Gasteiger partial charge is 0.112 e. The predicted molar refractivity (Wildman–Crippen MR) is 60.3 cm³/mol. The second kappa shape index (κ2) is 5.29. The van der Waals surface area contributed by atoms with Crippen LogP contribution in [-0.2, 0) is 6.54 Å². The van der Waals surface area contributed by atoms with Crippen LogP contribution in [0.2, 0.25) is 0 Å². The van der Waals surface area contributed by atoms with E-state index in [0.717, 1.165) is 19.4 Å². The molecule has 0 unspecified atom stereocenters. The average molecular weight is 206 g/mol. The Bertz CT molecular complexity index is 286. The maximum absolute atomic E-state index is 9.82. The van der Waals surface area contributed by atoms with Gasteiger partial charge in [-0.2, -0.15) is 0 Å². The van der Waals surface area contributed by atoms with Crippen molar-refractivity contribution in [2.45, 2.75) is 44.4 Å². The van der Waals surface area contributed by atoms with E-state index in [1.807, 2.05) is 6.07 Å². The summed E-state index contributed by atoms with van der Waals surface area (Å²) in [4.78, 5) is 0. The molecule has 2 nitrogen and oxygen atoms in total. The number of nitrogens with two attached hydrogens (primary N) is 1. The van der Waals surface area contributed by atoms with Gasteiger partial charge < -0.3 is 10.4 Å². The van der Waals surface area contributed by atoms with Crippen molar-refractivity contribution in [1.29, 1.82) is 0 Å². The van der Waals surface area contributed by atoms with Crippen LogP contribution in [0.3, 0.4) is 0 Å². The zero-order chi connectivity index (χ0) is 10.5. The summed E-state index contributed by atoms with van der Waals surface area (Å²) in [5, 5.41) is 12.1. The molecule has 0 radical (unpaired) electrons. The summed E-state index contributed by atoms with van der Waals surface area (Å²) in [6.07, 6.45) is 4.51. The van der Waals surface area contributed by atoms with E-state index in [2.05, 4.69) is 29.6 Å². The minimum atomic E-state index is -0.0949. The van der Waals surface area contributed by atoms with Crippen LogP contribution in [0.5, 0.6) is 0 Å². The SMILES string of the molecule is O[C@H]1CCCC[C@H]1[NH2+]Cc1ccccc1. The van der Waals surface area contributed by atoms with Crippen LogP contribution in [0, 0.1) is 0 Å². The molecule has 0 bridgehead atoms. The number of aliphatic hydroxyl groups is 1. The molecular formula is C13H20NO+. The Labute approximate surface area is 91.3 Å². The molecule has 1 fully saturated rings. The normalized spacial score (nSPS) is 26.5. The molecule has 2 rings (SSSR count). The Kier molecular flexibility index (Phi) is 3.75. The van der Waals surface area contributed by atoms with E-state index in [1.165, 1.54) is 18.4 Å². The zero-order valence-electron chi connectivity index (χ0n) is 9.10. The molecule has 0 saturated heterocycles. The number of benzene rings is 1. The summed E-state index contributed by atoms with van der Waals surface area (Å²) in [5.41, 5.74) is 1.34. The van der Waals surface area contributed by atoms with Gasteiger partial charge in [0.05, 0.1) is 0 Å². The quantitative estimate of drug-likeness (QED) is 0.762. The van der Waals surface area contributed by atoms with Crippen molar-refractivity contribution in [2.75, 3.05) is 0 Å². The molecule has 0 aliphatic heterocycles. The third kappa shape index (κ3) is 3.05. The molecule has 1 aliphatic rings. The van der Waals surface area contributed by atoms with Gasteiger partial charge in [0.15, 0.2) is 0 Å². The highest BCUT2D eigenvalue weighted by atomic mass is 16.3. The standard InChI is InChI=1S/C13H19NO/c15-13-9-5-4-8-12(13)14-10-11-6-2-1-3-7-11/h1-3,6-7,12-15H,4-5,8-10H2/p+1/t12-,13+/m1/s1. The first-order valence-electron chi connectivity index (χ1n) is 5.91. The Morgan fingerprint density at radius 1 is 1.13 bits per heavy atom. The molecule has 1 aromatic rings. The van der Waals surface area contributed by atoms with Crippen molar-refractivity contribution in [1.82, 2.24) is 0 Å². The summed E-state index contributed by atoms with van der Waals surface area (Å²) in [7, 11) is 0. The minimum Gasteiger partial charge on any atom is -0.387 e. The second-order valence-corrected chi connectivity index (χ2v) is 4.44. The van der Waals surface area contributed by atoms with Crippen molar-refractivity contribution in [3.63, 3.8) is 0 Å². The number of hydrogen-bond donors (Lipinski definition) is 2. The van der Waals surface area contributed by atoms with Crippen LogP contribution in [-0.4, -0.2) is 17.3 Å². The van der Waals surface area contributed by atoms with Gasteiger partial charge in [0.2, 0.25) is 0 Å². The fraction of sp³-hybridized carbons (Fsp3) is 0.538. The Morgan fingerprint density at radius 2 is 1.87 bits per heavy atom. The van der Waals surface area contributed by atoms with Crippen molar-refractivity contribution >= 4 is 0 Å². The lowest BCUT2D eigenvalue weighted by atomic mass is 9.92. The Hall–Kier alpha value is -0.860. The van der Waals surface area contributed by atoms with Gasteiger partial charge in [-0.1, -0.05) is 36.8 Å². The third-order valence-electron chi connectivity index (χ3n) is 3.28. The van der Waals surface area contributed by atoms with E-state index in [-0.39, 0.29) is 6.10 Å². The van der Waals surface area contributed by atoms with Crippen LogP contribution in [0.1, 0.15) is 31.2 Å². The fourth-order valence-electron chi connectivity index (χ4n) is 2.32. The second-order valence-electron chi connectivity index (χ2n) is 4.44. The first kappa shape index (κ1) is 10.7. The first-order valence-corrected chi connectivity index (χ1v) is 5.91. The summed E-state index contributed by atoms with van der Waals surface area (Å²) < 4.78 is 0. The topological polar surface area (TPSA) is 36.8 Å². The van der Waals surface area contributed by atoms with E-state index in [4.69, 9.17) is 0 Å². The summed E-state index contributed by atoms with van der Waals surface area (Å²) in [6, 6.07) is 10.9. The first-order chi connectivity index (χ1) is 7.36. The molecule has 0 heterocycles. The highest BCUT2D eigenvalue weighted by Crippen LogP contribution is 2.15. The van der Waals surface area contributed by atoms with E-state index >= 15 is 0 Å². The van der Waals surface area contributed by atoms with Gasteiger partial charge in [-0.3, -0.25) is 0 Å². The maximum atomic E-state index is 9.82. The third-order valence-corrected chi connectivity index (χ3v) is 3.28. The van der Waals surface area contributed by atoms with Crippen molar-refractivity contribution < 1.29 is 10.4 Å². The van der Waals surface area contributed by atoms with Gasteiger partial charge in [-0.25, -0.2) is 0 Å². The Balaban J connectivity index is 1.82. The lowest BCUT2D eigenvalue weighted by Crippen LogP contribution is -2.91. The number of rotatable bonds is 3. The number of hydrogen-bond acceptors (Lipinski definition) is 1. The van der Waals surface area contributed by atoms with Gasteiger partial charge in [-0.15, -0.1) is 0 Å². The van der Waals surface area contributed by atoms with E-state index in [1.54, 1.807) is 0 Å². The molecular weight excluding hydrogens is 186 g/mol. The molecule has 3 N–H and O–H groups in total. The van der Waals surface area contributed by atoms with Crippen LogP contribution in [0.25, 0.3) is 0 Å². The Morgan fingerprint density at radius 3 is 2.60 bits per heavy atom. The highest BCUT2D eigenvalue weighted by molar-refractivity contribution is 5.13. The fourth-order valence-corrected chi connectivity index (χ4v) is 2.32. The van der Waals surface area contributed by atoms with Crippen LogP contribution >= 0.6 is 0 Å². The molecule has 15 heavy (non-hydrogen) atoms. The van der Waals surface area contributed by atoms with Gasteiger partial charge in [-0.05, 0) is 12.8 Å². The molecule has 1 saturated carbocycles. The van der Waals surface area contributed by atoms with E-state index in [9.17, 15) is 5.11 Å². The average Bonchev–Trinajstić information content (AvgIpc) is 2.29. The van der Waals surface area contributed by atoms with Crippen LogP contribution < -0.4 is 5.32 Å². The molecule has 0 aromatic heterocycles. The monoisotopic (exact) mass is 206 g/mol. The van der Waals surface area contributed by atoms with Gasteiger partial charge >= 0.3 is 0 Å². The molecule has 2 heteroatoms. The molecule has 0 spiro atoms. The van der Waals surface area contributed by atoms with Gasteiger partial charge in [0.25, 0.3) is 0 Å². The predicted octanol–water partition coefficient (Wildman–Crippen LogP) is 1.05. The largest absolute Gasteiger partial charge is 0.387 e. The van der Waals surface area contributed by atoms with E-state index in [0.29, 0.717) is 6.04 Å². The zero-order valence-corrected chi connectivity index (χ0v) is 9.10. The van der Waals surface area contributed by atoms with Crippen LogP contribution in [0.15, 0.2) is 30.3 Å².